The van der Waals surface area contributed by atoms with Gasteiger partial charge in [-0.05, 0) is 49.4 Å². The van der Waals surface area contributed by atoms with E-state index in [2.05, 4.69) is 19.1 Å². The molecular formula is C27H43NO2. The average molecular weight is 414 g/mol. The van der Waals surface area contributed by atoms with E-state index in [0.717, 1.165) is 36.5 Å². The number of hydrogen-bond acceptors (Lipinski definition) is 2. The van der Waals surface area contributed by atoms with Gasteiger partial charge >= 0.3 is 0 Å². The summed E-state index contributed by atoms with van der Waals surface area (Å²) in [6, 6.07) is 0. The summed E-state index contributed by atoms with van der Waals surface area (Å²) in [6.45, 7) is 2.87. The summed E-state index contributed by atoms with van der Waals surface area (Å²) in [4.78, 5) is 24.7. The van der Waals surface area contributed by atoms with Gasteiger partial charge in [-0.25, -0.2) is 0 Å². The minimum Gasteiger partial charge on any atom is -0.275 e. The van der Waals surface area contributed by atoms with Gasteiger partial charge in [0.25, 0.3) is 11.8 Å². The molecule has 0 aromatic carbocycles. The maximum absolute atomic E-state index is 11.7. The molecule has 3 nitrogen and oxygen atoms in total. The topological polar surface area (TPSA) is 37.4 Å². The van der Waals surface area contributed by atoms with E-state index in [1.54, 1.807) is 0 Å². The highest BCUT2D eigenvalue weighted by Crippen LogP contribution is 2.51. The third-order valence-electron chi connectivity index (χ3n) is 7.76. The highest BCUT2D eigenvalue weighted by Gasteiger charge is 2.43. The first-order chi connectivity index (χ1) is 14.7. The Kier molecular flexibility index (Phi) is 9.68. The van der Waals surface area contributed by atoms with Gasteiger partial charge in [-0.1, -0.05) is 89.7 Å². The molecule has 0 aromatic rings. The predicted molar refractivity (Wildman–Crippen MR) is 124 cm³/mol. The molecule has 1 fully saturated rings. The van der Waals surface area contributed by atoms with Gasteiger partial charge in [0, 0.05) is 18.7 Å². The molecule has 0 saturated heterocycles. The van der Waals surface area contributed by atoms with Crippen molar-refractivity contribution in [1.29, 1.82) is 0 Å². The van der Waals surface area contributed by atoms with Gasteiger partial charge in [-0.2, -0.15) is 0 Å². The Balaban J connectivity index is 1.26. The number of nitrogens with zero attached hydrogens (tertiary/aromatic N) is 1. The summed E-state index contributed by atoms with van der Waals surface area (Å²) in [5.41, 5.74) is 0. The van der Waals surface area contributed by atoms with Crippen LogP contribution >= 0.6 is 0 Å². The number of carbonyl (C=O) groups is 2. The monoisotopic (exact) mass is 413 g/mol. The van der Waals surface area contributed by atoms with E-state index in [1.807, 2.05) is 0 Å². The van der Waals surface area contributed by atoms with Crippen molar-refractivity contribution in [3.05, 3.63) is 24.3 Å². The maximum Gasteiger partial charge on any atom is 0.253 e. The second-order valence-corrected chi connectivity index (χ2v) is 9.90. The van der Waals surface area contributed by atoms with Gasteiger partial charge < -0.3 is 0 Å². The van der Waals surface area contributed by atoms with Gasteiger partial charge in [0.1, 0.15) is 0 Å². The molecule has 0 N–H and O–H groups in total. The molecule has 3 heteroatoms. The number of amides is 2. The molecule has 2 amide bonds. The van der Waals surface area contributed by atoms with Crippen LogP contribution in [0.25, 0.3) is 0 Å². The first-order valence-electron chi connectivity index (χ1n) is 12.9. The van der Waals surface area contributed by atoms with Crippen molar-refractivity contribution >= 4 is 11.8 Å². The quantitative estimate of drug-likeness (QED) is 0.158. The lowest BCUT2D eigenvalue weighted by molar-refractivity contribution is -0.136. The standard InChI is InChI=1S/C27H43NO2/c1-2-3-4-5-6-7-8-9-10-11-14-24-22-16-17-23(21-22)25(24)15-12-13-20-28-26(29)18-19-27(28)30/h16-19,22-25H,2-15,20-21H2,1H3. The molecule has 1 heterocycles. The number of imide groups is 1. The van der Waals surface area contributed by atoms with Gasteiger partial charge in [0.2, 0.25) is 0 Å². The Morgan fingerprint density at radius 2 is 1.17 bits per heavy atom. The number of fused-ring (bicyclic) bond motifs is 2. The van der Waals surface area contributed by atoms with Crippen LogP contribution in [-0.2, 0) is 9.59 Å². The summed E-state index contributed by atoms with van der Waals surface area (Å²) >= 11 is 0. The van der Waals surface area contributed by atoms with Crippen molar-refractivity contribution in [2.24, 2.45) is 23.7 Å². The summed E-state index contributed by atoms with van der Waals surface area (Å²) in [5, 5.41) is 0. The fourth-order valence-corrected chi connectivity index (χ4v) is 6.05. The van der Waals surface area contributed by atoms with Gasteiger partial charge in [0.05, 0.1) is 0 Å². The van der Waals surface area contributed by atoms with E-state index in [0.29, 0.717) is 6.54 Å². The SMILES string of the molecule is CCCCCCCCCCCCC1C2C=CC(C2)C1CCCCN1C(=O)C=CC1=O. The highest BCUT2D eigenvalue weighted by molar-refractivity contribution is 6.12. The van der Waals surface area contributed by atoms with E-state index < -0.39 is 0 Å². The molecule has 3 aliphatic rings. The molecule has 2 bridgehead atoms. The summed E-state index contributed by atoms with van der Waals surface area (Å²) in [6.07, 6.45) is 28.0. The van der Waals surface area contributed by atoms with Crippen LogP contribution in [0, 0.1) is 23.7 Å². The van der Waals surface area contributed by atoms with Crippen LogP contribution in [0.15, 0.2) is 24.3 Å². The second-order valence-electron chi connectivity index (χ2n) is 9.90. The normalized spacial score (nSPS) is 27.2. The molecule has 2 aliphatic carbocycles. The zero-order valence-corrected chi connectivity index (χ0v) is 19.2. The summed E-state index contributed by atoms with van der Waals surface area (Å²) < 4.78 is 0. The molecule has 3 rings (SSSR count). The van der Waals surface area contributed by atoms with Crippen LogP contribution in [0.2, 0.25) is 0 Å². The van der Waals surface area contributed by atoms with E-state index in [-0.39, 0.29) is 11.8 Å². The number of unbranched alkanes of at least 4 members (excludes halogenated alkanes) is 10. The van der Waals surface area contributed by atoms with Crippen LogP contribution in [0.1, 0.15) is 103 Å². The van der Waals surface area contributed by atoms with Crippen LogP contribution in [0.5, 0.6) is 0 Å². The summed E-state index contributed by atoms with van der Waals surface area (Å²) in [5.74, 6) is 3.06. The lowest BCUT2D eigenvalue weighted by Gasteiger charge is -2.28. The molecule has 30 heavy (non-hydrogen) atoms. The third kappa shape index (κ3) is 6.56. The molecule has 168 valence electrons. The van der Waals surface area contributed by atoms with Crippen molar-refractivity contribution in [2.75, 3.05) is 6.54 Å². The lowest BCUT2D eigenvalue weighted by atomic mass is 9.77. The Labute approximate surface area is 184 Å². The Bertz CT molecular complexity index is 590. The van der Waals surface area contributed by atoms with E-state index >= 15 is 0 Å². The Morgan fingerprint density at radius 1 is 0.700 bits per heavy atom. The molecule has 4 unspecified atom stereocenters. The number of hydrogen-bond donors (Lipinski definition) is 0. The largest absolute Gasteiger partial charge is 0.275 e. The second kappa shape index (κ2) is 12.5. The zero-order valence-electron chi connectivity index (χ0n) is 19.2. The average Bonchev–Trinajstić information content (AvgIpc) is 3.43. The van der Waals surface area contributed by atoms with Crippen molar-refractivity contribution in [3.63, 3.8) is 0 Å². The van der Waals surface area contributed by atoms with Gasteiger partial charge in [0.15, 0.2) is 0 Å². The fraction of sp³-hybridized carbons (Fsp3) is 0.778. The number of rotatable bonds is 16. The van der Waals surface area contributed by atoms with Gasteiger partial charge in [-0.15, -0.1) is 0 Å². The number of allylic oxidation sites excluding steroid dienone is 2. The summed E-state index contributed by atoms with van der Waals surface area (Å²) in [7, 11) is 0. The van der Waals surface area contributed by atoms with Crippen molar-refractivity contribution in [2.45, 2.75) is 103 Å². The smallest absolute Gasteiger partial charge is 0.253 e. The van der Waals surface area contributed by atoms with Crippen LogP contribution in [0.3, 0.4) is 0 Å². The van der Waals surface area contributed by atoms with Crippen LogP contribution in [-0.4, -0.2) is 23.3 Å². The molecule has 0 spiro atoms. The number of carbonyl (C=O) groups excluding carboxylic acids is 2. The predicted octanol–water partition coefficient (Wildman–Crippen LogP) is 6.83. The molecule has 0 radical (unpaired) electrons. The molecule has 1 aliphatic heterocycles. The Hall–Kier alpha value is -1.38. The van der Waals surface area contributed by atoms with Gasteiger partial charge in [-0.3, -0.25) is 14.5 Å². The van der Waals surface area contributed by atoms with E-state index in [4.69, 9.17) is 0 Å². The molecule has 1 saturated carbocycles. The van der Waals surface area contributed by atoms with Crippen LogP contribution < -0.4 is 0 Å². The highest BCUT2D eigenvalue weighted by atomic mass is 16.2. The molecule has 0 aromatic heterocycles. The fourth-order valence-electron chi connectivity index (χ4n) is 6.05. The minimum atomic E-state index is -0.137. The van der Waals surface area contributed by atoms with E-state index in [1.165, 1.54) is 101 Å². The van der Waals surface area contributed by atoms with Crippen molar-refractivity contribution in [1.82, 2.24) is 4.90 Å². The zero-order chi connectivity index (χ0) is 21.2. The van der Waals surface area contributed by atoms with E-state index in [9.17, 15) is 9.59 Å². The molecular weight excluding hydrogens is 370 g/mol. The minimum absolute atomic E-state index is 0.137. The first-order valence-corrected chi connectivity index (χ1v) is 12.9. The first kappa shape index (κ1) is 23.3. The lowest BCUT2D eigenvalue weighted by Crippen LogP contribution is -2.31. The molecule has 4 atom stereocenters. The van der Waals surface area contributed by atoms with Crippen molar-refractivity contribution < 1.29 is 9.59 Å². The third-order valence-corrected chi connectivity index (χ3v) is 7.76. The van der Waals surface area contributed by atoms with Crippen molar-refractivity contribution in [3.8, 4) is 0 Å². The maximum atomic E-state index is 11.7. The Morgan fingerprint density at radius 3 is 1.70 bits per heavy atom. The van der Waals surface area contributed by atoms with Crippen LogP contribution in [0.4, 0.5) is 0 Å².